The zero-order valence-electron chi connectivity index (χ0n) is 9.43. The number of carboxylic acids is 1. The first-order valence-electron chi connectivity index (χ1n) is 5.08. The summed E-state index contributed by atoms with van der Waals surface area (Å²) in [5.74, 6) is -1.46. The van der Waals surface area contributed by atoms with E-state index in [-0.39, 0.29) is 22.9 Å². The maximum absolute atomic E-state index is 13.2. The van der Waals surface area contributed by atoms with Crippen LogP contribution in [0.5, 0.6) is 11.6 Å². The fourth-order valence-corrected chi connectivity index (χ4v) is 1.84. The average molecular weight is 327 g/mol. The molecule has 1 aromatic carbocycles. The fourth-order valence-electron chi connectivity index (χ4n) is 1.40. The molecule has 0 aliphatic carbocycles. The second kappa shape index (κ2) is 5.23. The van der Waals surface area contributed by atoms with Crippen LogP contribution in [0.2, 0.25) is 0 Å². The molecule has 5 nitrogen and oxygen atoms in total. The minimum atomic E-state index is -1.19. The van der Waals surface area contributed by atoms with Crippen molar-refractivity contribution < 1.29 is 19.0 Å². The molecule has 98 valence electrons. The molecule has 0 radical (unpaired) electrons. The van der Waals surface area contributed by atoms with Gasteiger partial charge in [-0.1, -0.05) is 15.9 Å². The summed E-state index contributed by atoms with van der Waals surface area (Å²) in [6.45, 7) is 0. The highest BCUT2D eigenvalue weighted by atomic mass is 79.9. The van der Waals surface area contributed by atoms with Gasteiger partial charge in [-0.3, -0.25) is 0 Å². The predicted molar refractivity (Wildman–Crippen MR) is 69.8 cm³/mol. The standard InChI is InChI=1S/C12H8BrFN2O3/c13-6-1-7(14)3-8(2-6)19-11-4-9(12(17)18)10(15)5-16-11/h1-5H,15H2,(H,17,18). The highest BCUT2D eigenvalue weighted by Crippen LogP contribution is 2.26. The summed E-state index contributed by atoms with van der Waals surface area (Å²) in [6.07, 6.45) is 1.17. The van der Waals surface area contributed by atoms with Gasteiger partial charge in [0.2, 0.25) is 5.88 Å². The van der Waals surface area contributed by atoms with Gasteiger partial charge in [-0.15, -0.1) is 0 Å². The van der Waals surface area contributed by atoms with Crippen molar-refractivity contribution >= 4 is 27.6 Å². The Morgan fingerprint density at radius 1 is 1.37 bits per heavy atom. The summed E-state index contributed by atoms with van der Waals surface area (Å²) in [4.78, 5) is 14.7. The maximum Gasteiger partial charge on any atom is 0.338 e. The summed E-state index contributed by atoms with van der Waals surface area (Å²) in [5.41, 5.74) is 5.37. The molecule has 0 spiro atoms. The van der Waals surface area contributed by atoms with Crippen LogP contribution >= 0.6 is 15.9 Å². The van der Waals surface area contributed by atoms with Crippen LogP contribution in [0.15, 0.2) is 34.9 Å². The van der Waals surface area contributed by atoms with E-state index in [1.54, 1.807) is 0 Å². The van der Waals surface area contributed by atoms with Crippen molar-refractivity contribution in [3.05, 3.63) is 46.3 Å². The van der Waals surface area contributed by atoms with Crippen molar-refractivity contribution in [2.75, 3.05) is 5.73 Å². The van der Waals surface area contributed by atoms with E-state index in [0.29, 0.717) is 4.47 Å². The lowest BCUT2D eigenvalue weighted by Gasteiger charge is -2.07. The molecule has 0 aliphatic rings. The van der Waals surface area contributed by atoms with E-state index in [1.165, 1.54) is 24.4 Å². The molecule has 19 heavy (non-hydrogen) atoms. The van der Waals surface area contributed by atoms with Crippen LogP contribution in [0.4, 0.5) is 10.1 Å². The van der Waals surface area contributed by atoms with Crippen LogP contribution < -0.4 is 10.5 Å². The van der Waals surface area contributed by atoms with Crippen molar-refractivity contribution in [1.82, 2.24) is 4.98 Å². The first-order chi connectivity index (χ1) is 8.95. The van der Waals surface area contributed by atoms with Crippen LogP contribution in [0.3, 0.4) is 0 Å². The number of nitrogens with zero attached hydrogens (tertiary/aromatic N) is 1. The highest BCUT2D eigenvalue weighted by Gasteiger charge is 2.11. The van der Waals surface area contributed by atoms with E-state index < -0.39 is 11.8 Å². The quantitative estimate of drug-likeness (QED) is 0.905. The number of carbonyl (C=O) groups is 1. The first kappa shape index (κ1) is 13.3. The first-order valence-corrected chi connectivity index (χ1v) is 5.88. The number of benzene rings is 1. The summed E-state index contributed by atoms with van der Waals surface area (Å²) in [6, 6.07) is 5.13. The SMILES string of the molecule is Nc1cnc(Oc2cc(F)cc(Br)c2)cc1C(=O)O. The molecule has 0 saturated carbocycles. The lowest BCUT2D eigenvalue weighted by Crippen LogP contribution is -2.03. The van der Waals surface area contributed by atoms with Crippen molar-refractivity contribution in [2.24, 2.45) is 0 Å². The summed E-state index contributed by atoms with van der Waals surface area (Å²) < 4.78 is 18.9. The minimum Gasteiger partial charge on any atom is -0.478 e. The van der Waals surface area contributed by atoms with Gasteiger partial charge in [-0.2, -0.15) is 0 Å². The Morgan fingerprint density at radius 3 is 2.74 bits per heavy atom. The monoisotopic (exact) mass is 326 g/mol. The summed E-state index contributed by atoms with van der Waals surface area (Å²) >= 11 is 3.12. The van der Waals surface area contributed by atoms with Gasteiger partial charge < -0.3 is 15.6 Å². The Bertz CT molecular complexity index is 629. The number of aromatic nitrogens is 1. The maximum atomic E-state index is 13.2. The Morgan fingerprint density at radius 2 is 2.11 bits per heavy atom. The smallest absolute Gasteiger partial charge is 0.338 e. The zero-order chi connectivity index (χ0) is 14.0. The van der Waals surface area contributed by atoms with Gasteiger partial charge in [0.1, 0.15) is 11.6 Å². The summed E-state index contributed by atoms with van der Waals surface area (Å²) in [7, 11) is 0. The van der Waals surface area contributed by atoms with Gasteiger partial charge in [0.25, 0.3) is 0 Å². The minimum absolute atomic E-state index is 0.0177. The van der Waals surface area contributed by atoms with E-state index in [4.69, 9.17) is 15.6 Å². The topological polar surface area (TPSA) is 85.4 Å². The Hall–Kier alpha value is -2.15. The Labute approximate surface area is 116 Å². The van der Waals surface area contributed by atoms with Gasteiger partial charge in [-0.25, -0.2) is 14.2 Å². The number of pyridine rings is 1. The number of hydrogen-bond acceptors (Lipinski definition) is 4. The molecule has 1 aromatic heterocycles. The van der Waals surface area contributed by atoms with E-state index in [2.05, 4.69) is 20.9 Å². The molecule has 3 N–H and O–H groups in total. The highest BCUT2D eigenvalue weighted by molar-refractivity contribution is 9.10. The molecular formula is C12H8BrFN2O3. The van der Waals surface area contributed by atoms with E-state index in [9.17, 15) is 9.18 Å². The molecule has 2 rings (SSSR count). The number of aromatic carboxylic acids is 1. The largest absolute Gasteiger partial charge is 0.478 e. The molecule has 7 heteroatoms. The number of nitrogens with two attached hydrogens (primary N) is 1. The van der Waals surface area contributed by atoms with Crippen LogP contribution in [0, 0.1) is 5.82 Å². The molecule has 0 unspecified atom stereocenters. The third-order valence-corrected chi connectivity index (χ3v) is 2.66. The number of anilines is 1. The van der Waals surface area contributed by atoms with E-state index >= 15 is 0 Å². The van der Waals surface area contributed by atoms with E-state index in [0.717, 1.165) is 6.07 Å². The van der Waals surface area contributed by atoms with Gasteiger partial charge in [-0.05, 0) is 12.1 Å². The molecule has 0 bridgehead atoms. The molecule has 0 saturated heterocycles. The number of hydrogen-bond donors (Lipinski definition) is 2. The molecule has 0 fully saturated rings. The lowest BCUT2D eigenvalue weighted by molar-refractivity contribution is 0.0697. The van der Waals surface area contributed by atoms with Gasteiger partial charge in [0.05, 0.1) is 17.4 Å². The fraction of sp³-hybridized carbons (Fsp3) is 0. The van der Waals surface area contributed by atoms with Gasteiger partial charge in [0.15, 0.2) is 0 Å². The van der Waals surface area contributed by atoms with Crippen LogP contribution in [-0.4, -0.2) is 16.1 Å². The van der Waals surface area contributed by atoms with Crippen molar-refractivity contribution in [3.8, 4) is 11.6 Å². The lowest BCUT2D eigenvalue weighted by atomic mass is 10.2. The van der Waals surface area contributed by atoms with Crippen LogP contribution in [0.25, 0.3) is 0 Å². The molecule has 2 aromatic rings. The molecule has 1 heterocycles. The Kier molecular flexibility index (Phi) is 3.66. The predicted octanol–water partition coefficient (Wildman–Crippen LogP) is 3.06. The molecule has 0 aliphatic heterocycles. The van der Waals surface area contributed by atoms with Crippen molar-refractivity contribution in [2.45, 2.75) is 0 Å². The van der Waals surface area contributed by atoms with Crippen molar-refractivity contribution in [3.63, 3.8) is 0 Å². The molecule has 0 atom stereocenters. The number of halogens is 2. The van der Waals surface area contributed by atoms with Crippen LogP contribution in [-0.2, 0) is 0 Å². The zero-order valence-corrected chi connectivity index (χ0v) is 11.0. The van der Waals surface area contributed by atoms with Crippen molar-refractivity contribution in [1.29, 1.82) is 0 Å². The normalized spacial score (nSPS) is 10.2. The average Bonchev–Trinajstić information content (AvgIpc) is 2.30. The number of nitrogen functional groups attached to an aromatic ring is 1. The summed E-state index contributed by atoms with van der Waals surface area (Å²) in [5, 5.41) is 8.91. The molecular weight excluding hydrogens is 319 g/mol. The third-order valence-electron chi connectivity index (χ3n) is 2.20. The number of rotatable bonds is 3. The van der Waals surface area contributed by atoms with E-state index in [1.807, 2.05) is 0 Å². The number of ether oxygens (including phenoxy) is 1. The Balaban J connectivity index is 2.33. The van der Waals surface area contributed by atoms with Gasteiger partial charge in [0, 0.05) is 16.6 Å². The van der Waals surface area contributed by atoms with Gasteiger partial charge >= 0.3 is 5.97 Å². The third kappa shape index (κ3) is 3.19. The molecule has 0 amide bonds. The second-order valence-electron chi connectivity index (χ2n) is 3.62. The van der Waals surface area contributed by atoms with Crippen LogP contribution in [0.1, 0.15) is 10.4 Å². The number of carboxylic acid groups (broad SMARTS) is 1. The second-order valence-corrected chi connectivity index (χ2v) is 4.54.